The van der Waals surface area contributed by atoms with Crippen molar-refractivity contribution in [1.29, 1.82) is 0 Å². The Bertz CT molecular complexity index is 649. The zero-order valence-corrected chi connectivity index (χ0v) is 16.6. The van der Waals surface area contributed by atoms with Crippen LogP contribution >= 0.6 is 0 Å². The van der Waals surface area contributed by atoms with E-state index in [4.69, 9.17) is 4.74 Å². The number of nitrogens with zero attached hydrogens (tertiary/aromatic N) is 1. The molecule has 150 valence electrons. The molecule has 5 heteroatoms. The Kier molecular flexibility index (Phi) is 9.36. The highest BCUT2D eigenvalue weighted by molar-refractivity contribution is 5.30. The van der Waals surface area contributed by atoms with Gasteiger partial charge in [-0.25, -0.2) is 0 Å². The van der Waals surface area contributed by atoms with Gasteiger partial charge in [0.2, 0.25) is 0 Å². The number of hydrogen-bond acceptors (Lipinski definition) is 2. The summed E-state index contributed by atoms with van der Waals surface area (Å²) in [4.78, 5) is 2.08. The molecule has 0 saturated heterocycles. The maximum absolute atomic E-state index is 12.6. The Morgan fingerprint density at radius 3 is 2.59 bits per heavy atom. The summed E-state index contributed by atoms with van der Waals surface area (Å²) < 4.78 is 44.0. The number of ether oxygens (including phenoxy) is 1. The summed E-state index contributed by atoms with van der Waals surface area (Å²) in [5.41, 5.74) is 2.51. The molecule has 1 unspecified atom stereocenters. The van der Waals surface area contributed by atoms with Crippen LogP contribution in [0.2, 0.25) is 0 Å². The fraction of sp³-hybridized carbons (Fsp3) is 0.455. The summed E-state index contributed by atoms with van der Waals surface area (Å²) in [5, 5.41) is 0. The summed E-state index contributed by atoms with van der Waals surface area (Å²) >= 11 is 0. The molecule has 0 bridgehead atoms. The molecule has 0 amide bonds. The van der Waals surface area contributed by atoms with Gasteiger partial charge < -0.3 is 9.64 Å². The largest absolute Gasteiger partial charge is 0.486 e. The van der Waals surface area contributed by atoms with Crippen LogP contribution in [-0.4, -0.2) is 37.8 Å². The first-order valence-electron chi connectivity index (χ1n) is 9.03. The highest BCUT2D eigenvalue weighted by Crippen LogP contribution is 2.28. The zero-order valence-electron chi connectivity index (χ0n) is 16.6. The smallest absolute Gasteiger partial charge is 0.392 e. The van der Waals surface area contributed by atoms with E-state index >= 15 is 0 Å². The van der Waals surface area contributed by atoms with Gasteiger partial charge in [0, 0.05) is 13.0 Å². The maximum Gasteiger partial charge on any atom is 0.392 e. The molecule has 1 rings (SSSR count). The van der Waals surface area contributed by atoms with Gasteiger partial charge in [-0.15, -0.1) is 0 Å². The van der Waals surface area contributed by atoms with E-state index in [2.05, 4.69) is 11.5 Å². The average Bonchev–Trinajstić information content (AvgIpc) is 2.79. The predicted molar refractivity (Wildman–Crippen MR) is 106 cm³/mol. The van der Waals surface area contributed by atoms with Crippen molar-refractivity contribution in [3.8, 4) is 0 Å². The zero-order chi connectivity index (χ0) is 20.4. The molecule has 0 radical (unpaired) electrons. The number of rotatable bonds is 9. The minimum atomic E-state index is -4.19. The minimum Gasteiger partial charge on any atom is -0.486 e. The fourth-order valence-electron chi connectivity index (χ4n) is 2.62. The van der Waals surface area contributed by atoms with Crippen molar-refractivity contribution < 1.29 is 17.9 Å². The van der Waals surface area contributed by atoms with E-state index in [-0.39, 0.29) is 12.5 Å². The third kappa shape index (κ3) is 9.48. The second kappa shape index (κ2) is 11.0. The van der Waals surface area contributed by atoms with Gasteiger partial charge in [0.25, 0.3) is 0 Å². The molecule has 0 aromatic rings. The molecule has 27 heavy (non-hydrogen) atoms. The van der Waals surface area contributed by atoms with Crippen LogP contribution in [0.25, 0.3) is 0 Å². The fourth-order valence-corrected chi connectivity index (χ4v) is 2.62. The van der Waals surface area contributed by atoms with E-state index in [1.807, 2.05) is 40.1 Å². The first-order valence-corrected chi connectivity index (χ1v) is 9.03. The highest BCUT2D eigenvalue weighted by Gasteiger charge is 2.28. The van der Waals surface area contributed by atoms with Crippen LogP contribution in [0.3, 0.4) is 0 Å². The van der Waals surface area contributed by atoms with Gasteiger partial charge in [-0.05, 0) is 57.7 Å². The Hall–Kier alpha value is -2.01. The third-order valence-electron chi connectivity index (χ3n) is 4.28. The molecule has 0 aliphatic heterocycles. The van der Waals surface area contributed by atoms with Crippen LogP contribution in [0.4, 0.5) is 13.2 Å². The normalized spacial score (nSPS) is 17.3. The van der Waals surface area contributed by atoms with E-state index in [1.54, 1.807) is 24.3 Å². The van der Waals surface area contributed by atoms with E-state index in [0.717, 1.165) is 24.1 Å². The Morgan fingerprint density at radius 1 is 1.30 bits per heavy atom. The molecule has 1 aliphatic rings. The van der Waals surface area contributed by atoms with Gasteiger partial charge in [-0.3, -0.25) is 0 Å². The lowest BCUT2D eigenvalue weighted by atomic mass is 10.0. The van der Waals surface area contributed by atoms with Crippen molar-refractivity contribution in [3.05, 3.63) is 71.6 Å². The monoisotopic (exact) mass is 381 g/mol. The van der Waals surface area contributed by atoms with E-state index in [1.165, 1.54) is 6.08 Å². The number of halogens is 3. The summed E-state index contributed by atoms with van der Waals surface area (Å²) in [6, 6.07) is 0. The first-order chi connectivity index (χ1) is 12.6. The van der Waals surface area contributed by atoms with Crippen molar-refractivity contribution in [2.24, 2.45) is 0 Å². The van der Waals surface area contributed by atoms with Crippen LogP contribution < -0.4 is 0 Å². The quantitative estimate of drug-likeness (QED) is 0.446. The van der Waals surface area contributed by atoms with Gasteiger partial charge in [0.05, 0.1) is 6.42 Å². The number of hydrogen-bond donors (Lipinski definition) is 0. The van der Waals surface area contributed by atoms with Crippen LogP contribution in [0, 0.1) is 0 Å². The molecular formula is C22H30F3NO. The molecule has 2 nitrogen and oxygen atoms in total. The van der Waals surface area contributed by atoms with Crippen molar-refractivity contribution in [2.45, 2.75) is 45.4 Å². The topological polar surface area (TPSA) is 12.5 Å². The summed E-state index contributed by atoms with van der Waals surface area (Å²) in [6.45, 7) is 8.56. The molecule has 1 atom stereocenters. The van der Waals surface area contributed by atoms with Crippen molar-refractivity contribution in [2.75, 3.05) is 20.6 Å². The number of alkyl halides is 3. The average molecular weight is 381 g/mol. The second-order valence-electron chi connectivity index (χ2n) is 6.95. The van der Waals surface area contributed by atoms with Crippen molar-refractivity contribution >= 4 is 0 Å². The lowest BCUT2D eigenvalue weighted by Gasteiger charge is -2.23. The molecule has 0 aromatic carbocycles. The van der Waals surface area contributed by atoms with Gasteiger partial charge in [0.15, 0.2) is 0 Å². The van der Waals surface area contributed by atoms with Gasteiger partial charge >= 0.3 is 6.18 Å². The summed E-state index contributed by atoms with van der Waals surface area (Å²) in [7, 11) is 4.00. The molecular weight excluding hydrogens is 351 g/mol. The van der Waals surface area contributed by atoms with Crippen molar-refractivity contribution in [1.82, 2.24) is 4.90 Å². The standard InChI is InChI=1S/C22H30F3NO/c1-6-7-9-17(2)18(3)21(14-15-26(4)5)27-20-11-8-10-19(12-13-20)16-22(23,24)25/h6-9,11-13,21H,1,10,14-16H2,2-5H3/b9-7-,18-17+. The van der Waals surface area contributed by atoms with Gasteiger partial charge in [-0.1, -0.05) is 42.5 Å². The van der Waals surface area contributed by atoms with E-state index in [9.17, 15) is 13.2 Å². The van der Waals surface area contributed by atoms with E-state index in [0.29, 0.717) is 11.3 Å². The Labute approximate surface area is 161 Å². The molecule has 0 spiro atoms. The maximum atomic E-state index is 12.6. The lowest BCUT2D eigenvalue weighted by Crippen LogP contribution is -2.23. The molecule has 0 fully saturated rings. The number of allylic oxidation sites excluding steroid dienone is 9. The Balaban J connectivity index is 3.00. The molecule has 0 saturated carbocycles. The van der Waals surface area contributed by atoms with Gasteiger partial charge in [0.1, 0.15) is 11.9 Å². The van der Waals surface area contributed by atoms with Crippen LogP contribution in [0.15, 0.2) is 71.6 Å². The van der Waals surface area contributed by atoms with Crippen LogP contribution in [0.5, 0.6) is 0 Å². The molecule has 1 aliphatic carbocycles. The van der Waals surface area contributed by atoms with Crippen molar-refractivity contribution in [3.63, 3.8) is 0 Å². The lowest BCUT2D eigenvalue weighted by molar-refractivity contribution is -0.127. The molecule has 0 N–H and O–H groups in total. The van der Waals surface area contributed by atoms with Crippen LogP contribution in [0.1, 0.15) is 33.1 Å². The molecule has 0 heterocycles. The SMILES string of the molecule is C=C/C=C\C(C)=C(/C)C(CCN(C)C)OC1=CC=C(CC(F)(F)F)CC=C1. The van der Waals surface area contributed by atoms with Crippen LogP contribution in [-0.2, 0) is 4.74 Å². The Morgan fingerprint density at radius 2 is 2.00 bits per heavy atom. The minimum absolute atomic E-state index is 0.157. The third-order valence-corrected chi connectivity index (χ3v) is 4.28. The highest BCUT2D eigenvalue weighted by atomic mass is 19.4. The summed E-state index contributed by atoms with van der Waals surface area (Å²) in [5.74, 6) is 0.579. The van der Waals surface area contributed by atoms with E-state index < -0.39 is 12.6 Å². The second-order valence-corrected chi connectivity index (χ2v) is 6.95. The first kappa shape index (κ1) is 23.0. The predicted octanol–water partition coefficient (Wildman–Crippen LogP) is 6.12. The summed E-state index contributed by atoms with van der Waals surface area (Å²) in [6.07, 6.45) is 8.02. The molecule has 0 aromatic heterocycles. The van der Waals surface area contributed by atoms with Gasteiger partial charge in [-0.2, -0.15) is 13.2 Å².